The first-order chi connectivity index (χ1) is 11.5. The number of methoxy groups -OCH3 is 2. The number of aromatic nitrogens is 1. The fourth-order valence-corrected chi connectivity index (χ4v) is 2.05. The molecule has 0 unspecified atom stereocenters. The molecule has 0 fully saturated rings. The summed E-state index contributed by atoms with van der Waals surface area (Å²) in [6.45, 7) is 0.110. The summed E-state index contributed by atoms with van der Waals surface area (Å²) in [5.74, 6) is 1.57. The standard InChI is InChI=1S/C17H18N4O3/c1-21(16-5-4-12(9-18)10-19-16)11-17(22)20-13-6-14(23-2)8-15(7-13)24-3/h4-8,10H,11H2,1-3H3,(H,20,22). The molecule has 0 spiro atoms. The number of nitriles is 1. The topological polar surface area (TPSA) is 87.5 Å². The van der Waals surface area contributed by atoms with E-state index >= 15 is 0 Å². The third-order valence-corrected chi connectivity index (χ3v) is 3.28. The molecule has 1 aromatic heterocycles. The van der Waals surface area contributed by atoms with E-state index < -0.39 is 0 Å². The van der Waals surface area contributed by atoms with Gasteiger partial charge in [0.15, 0.2) is 0 Å². The van der Waals surface area contributed by atoms with Crippen molar-refractivity contribution in [2.24, 2.45) is 0 Å². The predicted octanol–water partition coefficient (Wildman–Crippen LogP) is 2.05. The molecule has 1 aromatic carbocycles. The largest absolute Gasteiger partial charge is 0.497 e. The second kappa shape index (κ2) is 7.83. The Kier molecular flexibility index (Phi) is 5.58. The number of nitrogens with one attached hydrogen (secondary N) is 1. The van der Waals surface area contributed by atoms with Gasteiger partial charge in [0.25, 0.3) is 0 Å². The van der Waals surface area contributed by atoms with Crippen molar-refractivity contribution in [2.75, 3.05) is 38.0 Å². The number of likely N-dealkylation sites (N-methyl/N-ethyl adjacent to an activating group) is 1. The van der Waals surface area contributed by atoms with Gasteiger partial charge in [-0.15, -0.1) is 0 Å². The van der Waals surface area contributed by atoms with Crippen LogP contribution in [-0.4, -0.2) is 38.7 Å². The Bertz CT molecular complexity index is 731. The molecule has 24 heavy (non-hydrogen) atoms. The average molecular weight is 326 g/mol. The maximum Gasteiger partial charge on any atom is 0.243 e. The molecular weight excluding hydrogens is 308 g/mol. The van der Waals surface area contributed by atoms with Crippen LogP contribution in [0.2, 0.25) is 0 Å². The lowest BCUT2D eigenvalue weighted by Gasteiger charge is -2.18. The zero-order valence-electron chi connectivity index (χ0n) is 13.7. The number of nitrogens with zero attached hydrogens (tertiary/aromatic N) is 3. The number of anilines is 2. The van der Waals surface area contributed by atoms with Crippen molar-refractivity contribution in [3.63, 3.8) is 0 Å². The van der Waals surface area contributed by atoms with Crippen molar-refractivity contribution in [2.45, 2.75) is 0 Å². The molecular formula is C17H18N4O3. The van der Waals surface area contributed by atoms with Crippen LogP contribution < -0.4 is 19.7 Å². The monoisotopic (exact) mass is 326 g/mol. The molecule has 2 aromatic rings. The third kappa shape index (κ3) is 4.36. The van der Waals surface area contributed by atoms with Crippen LogP contribution in [0, 0.1) is 11.3 Å². The third-order valence-electron chi connectivity index (χ3n) is 3.28. The summed E-state index contributed by atoms with van der Waals surface area (Å²) < 4.78 is 10.3. The minimum atomic E-state index is -0.209. The van der Waals surface area contributed by atoms with Crippen molar-refractivity contribution < 1.29 is 14.3 Å². The zero-order chi connectivity index (χ0) is 17.5. The van der Waals surface area contributed by atoms with Crippen molar-refractivity contribution in [3.8, 4) is 17.6 Å². The highest BCUT2D eigenvalue weighted by Gasteiger charge is 2.10. The van der Waals surface area contributed by atoms with E-state index in [0.717, 1.165) is 0 Å². The second-order valence-corrected chi connectivity index (χ2v) is 5.02. The molecule has 7 heteroatoms. The Morgan fingerprint density at radius 2 is 1.92 bits per heavy atom. The summed E-state index contributed by atoms with van der Waals surface area (Å²) in [4.78, 5) is 18.0. The predicted molar refractivity (Wildman–Crippen MR) is 90.4 cm³/mol. The Morgan fingerprint density at radius 3 is 2.42 bits per heavy atom. The van der Waals surface area contributed by atoms with Gasteiger partial charge in [-0.1, -0.05) is 0 Å². The van der Waals surface area contributed by atoms with E-state index in [9.17, 15) is 4.79 Å². The molecule has 0 bridgehead atoms. The van der Waals surface area contributed by atoms with Gasteiger partial charge < -0.3 is 19.7 Å². The number of rotatable bonds is 6. The molecule has 7 nitrogen and oxygen atoms in total. The van der Waals surface area contributed by atoms with Gasteiger partial charge in [-0.2, -0.15) is 5.26 Å². The first-order valence-electron chi connectivity index (χ1n) is 7.16. The maximum atomic E-state index is 12.2. The van der Waals surface area contributed by atoms with Crippen LogP contribution in [0.25, 0.3) is 0 Å². The maximum absolute atomic E-state index is 12.2. The normalized spacial score (nSPS) is 9.75. The molecule has 124 valence electrons. The lowest BCUT2D eigenvalue weighted by molar-refractivity contribution is -0.114. The van der Waals surface area contributed by atoms with E-state index in [-0.39, 0.29) is 12.5 Å². The SMILES string of the molecule is COc1cc(NC(=O)CN(C)c2ccc(C#N)cn2)cc(OC)c1. The summed E-state index contributed by atoms with van der Waals surface area (Å²) in [5.41, 5.74) is 1.05. The molecule has 0 atom stereocenters. The van der Waals surface area contributed by atoms with Crippen LogP contribution in [0.1, 0.15) is 5.56 Å². The molecule has 0 saturated carbocycles. The van der Waals surface area contributed by atoms with E-state index in [2.05, 4.69) is 10.3 Å². The number of hydrogen-bond donors (Lipinski definition) is 1. The molecule has 1 N–H and O–H groups in total. The minimum Gasteiger partial charge on any atom is -0.497 e. The zero-order valence-corrected chi connectivity index (χ0v) is 13.7. The van der Waals surface area contributed by atoms with E-state index in [1.54, 1.807) is 56.5 Å². The first kappa shape index (κ1) is 17.1. The number of hydrogen-bond acceptors (Lipinski definition) is 6. The van der Waals surface area contributed by atoms with Crippen molar-refractivity contribution in [3.05, 3.63) is 42.1 Å². The summed E-state index contributed by atoms with van der Waals surface area (Å²) in [6.07, 6.45) is 1.47. The van der Waals surface area contributed by atoms with Crippen LogP contribution in [0.5, 0.6) is 11.5 Å². The number of ether oxygens (including phenoxy) is 2. The van der Waals surface area contributed by atoms with Crippen LogP contribution >= 0.6 is 0 Å². The number of pyridine rings is 1. The van der Waals surface area contributed by atoms with Gasteiger partial charge in [-0.3, -0.25) is 4.79 Å². The van der Waals surface area contributed by atoms with Gasteiger partial charge >= 0.3 is 0 Å². The number of carbonyl (C=O) groups is 1. The molecule has 2 rings (SSSR count). The fourth-order valence-electron chi connectivity index (χ4n) is 2.05. The van der Waals surface area contributed by atoms with Crippen molar-refractivity contribution in [1.29, 1.82) is 5.26 Å². The summed E-state index contributed by atoms with van der Waals surface area (Å²) in [5, 5.41) is 11.6. The summed E-state index contributed by atoms with van der Waals surface area (Å²) in [7, 11) is 4.84. The highest BCUT2D eigenvalue weighted by molar-refractivity contribution is 5.94. The Balaban J connectivity index is 2.03. The number of amides is 1. The second-order valence-electron chi connectivity index (χ2n) is 5.02. The first-order valence-corrected chi connectivity index (χ1v) is 7.16. The van der Waals surface area contributed by atoms with Gasteiger partial charge in [-0.05, 0) is 12.1 Å². The van der Waals surface area contributed by atoms with Crippen LogP contribution in [0.3, 0.4) is 0 Å². The van der Waals surface area contributed by atoms with Crippen LogP contribution in [0.4, 0.5) is 11.5 Å². The van der Waals surface area contributed by atoms with Gasteiger partial charge in [0.2, 0.25) is 5.91 Å². The Labute approximate surface area is 140 Å². The van der Waals surface area contributed by atoms with Crippen molar-refractivity contribution in [1.82, 2.24) is 4.98 Å². The number of carbonyl (C=O) groups excluding carboxylic acids is 1. The van der Waals surface area contributed by atoms with Gasteiger partial charge in [0.1, 0.15) is 23.4 Å². The average Bonchev–Trinajstić information content (AvgIpc) is 2.61. The molecule has 1 heterocycles. The molecule has 0 radical (unpaired) electrons. The van der Waals surface area contributed by atoms with E-state index in [1.807, 2.05) is 6.07 Å². The number of benzene rings is 1. The Morgan fingerprint density at radius 1 is 1.25 bits per heavy atom. The van der Waals surface area contributed by atoms with E-state index in [4.69, 9.17) is 14.7 Å². The van der Waals surface area contributed by atoms with Gasteiger partial charge in [0.05, 0.1) is 26.3 Å². The summed E-state index contributed by atoms with van der Waals surface area (Å²) in [6, 6.07) is 10.5. The van der Waals surface area contributed by atoms with Crippen LogP contribution in [0.15, 0.2) is 36.5 Å². The smallest absolute Gasteiger partial charge is 0.243 e. The highest BCUT2D eigenvalue weighted by Crippen LogP contribution is 2.25. The summed E-state index contributed by atoms with van der Waals surface area (Å²) >= 11 is 0. The van der Waals surface area contributed by atoms with Crippen molar-refractivity contribution >= 4 is 17.4 Å². The van der Waals surface area contributed by atoms with Gasteiger partial charge in [-0.25, -0.2) is 4.98 Å². The molecule has 0 aliphatic heterocycles. The molecule has 0 aliphatic rings. The fraction of sp³-hybridized carbons (Fsp3) is 0.235. The van der Waals surface area contributed by atoms with E-state index in [1.165, 1.54) is 6.20 Å². The quantitative estimate of drug-likeness (QED) is 0.874. The molecule has 0 saturated heterocycles. The lowest BCUT2D eigenvalue weighted by atomic mass is 10.2. The minimum absolute atomic E-state index is 0.110. The van der Waals surface area contributed by atoms with E-state index in [0.29, 0.717) is 28.6 Å². The Hall–Kier alpha value is -3.27. The molecule has 1 amide bonds. The van der Waals surface area contributed by atoms with Gasteiger partial charge in [0, 0.05) is 37.1 Å². The van der Waals surface area contributed by atoms with Crippen LogP contribution in [-0.2, 0) is 4.79 Å². The highest BCUT2D eigenvalue weighted by atomic mass is 16.5. The molecule has 0 aliphatic carbocycles. The lowest BCUT2D eigenvalue weighted by Crippen LogP contribution is -2.30.